The van der Waals surface area contributed by atoms with Gasteiger partial charge in [0, 0.05) is 16.1 Å². The highest BCUT2D eigenvalue weighted by Gasteiger charge is 2.18. The zero-order chi connectivity index (χ0) is 15.9. The predicted octanol–water partition coefficient (Wildman–Crippen LogP) is 2.47. The Kier molecular flexibility index (Phi) is 5.17. The molecule has 0 aliphatic heterocycles. The van der Waals surface area contributed by atoms with Crippen LogP contribution in [-0.2, 0) is 4.79 Å². The zero-order valence-electron chi connectivity index (χ0n) is 11.7. The molecule has 6 heteroatoms. The maximum Gasteiger partial charge on any atom is 0.312 e. The molecule has 2 rings (SSSR count). The second-order valence-corrected chi connectivity index (χ2v) is 5.53. The topological polar surface area (TPSA) is 84.2 Å². The van der Waals surface area contributed by atoms with Crippen molar-refractivity contribution >= 4 is 29.0 Å². The Labute approximate surface area is 132 Å². The number of amides is 3. The lowest BCUT2D eigenvalue weighted by Gasteiger charge is -2.16. The second kappa shape index (κ2) is 7.29. The Bertz CT molecular complexity index is 704. The van der Waals surface area contributed by atoms with Crippen molar-refractivity contribution in [3.8, 4) is 12.3 Å². The summed E-state index contributed by atoms with van der Waals surface area (Å²) < 4.78 is 0. The van der Waals surface area contributed by atoms with Gasteiger partial charge in [-0.1, -0.05) is 18.1 Å². The van der Waals surface area contributed by atoms with Crippen LogP contribution in [0.1, 0.15) is 22.9 Å². The van der Waals surface area contributed by atoms with Gasteiger partial charge in [0.25, 0.3) is 0 Å². The van der Waals surface area contributed by atoms with Crippen molar-refractivity contribution in [1.29, 1.82) is 0 Å². The molecule has 0 unspecified atom stereocenters. The molecule has 3 amide bonds. The van der Waals surface area contributed by atoms with Crippen molar-refractivity contribution in [2.45, 2.75) is 12.5 Å². The van der Waals surface area contributed by atoms with Gasteiger partial charge in [0.1, 0.15) is 0 Å². The number of carbonyl (C=O) groups excluding carboxylic acids is 2. The van der Waals surface area contributed by atoms with E-state index in [2.05, 4.69) is 16.6 Å². The Balaban J connectivity index is 2.05. The molecule has 2 aromatic rings. The number of urea groups is 1. The van der Waals surface area contributed by atoms with Gasteiger partial charge in [-0.3, -0.25) is 4.79 Å². The van der Waals surface area contributed by atoms with Crippen LogP contribution in [0.5, 0.6) is 0 Å². The van der Waals surface area contributed by atoms with Crippen molar-refractivity contribution in [1.82, 2.24) is 5.32 Å². The minimum atomic E-state index is -0.666. The molecule has 0 aliphatic rings. The third-order valence-electron chi connectivity index (χ3n) is 2.91. The van der Waals surface area contributed by atoms with E-state index in [1.165, 1.54) is 11.3 Å². The molecule has 5 nitrogen and oxygen atoms in total. The van der Waals surface area contributed by atoms with Crippen LogP contribution in [0.25, 0.3) is 0 Å². The third-order valence-corrected chi connectivity index (χ3v) is 3.89. The van der Waals surface area contributed by atoms with Crippen molar-refractivity contribution in [2.75, 3.05) is 5.32 Å². The molecule has 4 N–H and O–H groups in total. The van der Waals surface area contributed by atoms with E-state index >= 15 is 0 Å². The lowest BCUT2D eigenvalue weighted by molar-refractivity contribution is -0.116. The molecular weight excluding hydrogens is 298 g/mol. The van der Waals surface area contributed by atoms with Crippen LogP contribution in [0, 0.1) is 12.3 Å². The number of benzene rings is 1. The highest BCUT2D eigenvalue weighted by molar-refractivity contribution is 7.10. The highest BCUT2D eigenvalue weighted by Crippen LogP contribution is 2.22. The molecule has 112 valence electrons. The minimum absolute atomic E-state index is 0.0870. The first-order valence-electron chi connectivity index (χ1n) is 6.54. The summed E-state index contributed by atoms with van der Waals surface area (Å²) >= 11 is 1.45. The van der Waals surface area contributed by atoms with Crippen LogP contribution in [0.4, 0.5) is 10.5 Å². The number of terminal acetylenes is 1. The van der Waals surface area contributed by atoms with Crippen LogP contribution < -0.4 is 16.4 Å². The fourth-order valence-corrected chi connectivity index (χ4v) is 2.75. The molecule has 0 saturated carbocycles. The molecule has 0 radical (unpaired) electrons. The number of thiophene rings is 1. The van der Waals surface area contributed by atoms with Gasteiger partial charge in [0.05, 0.1) is 12.5 Å². The number of rotatable bonds is 5. The number of hydrogen-bond donors (Lipinski definition) is 3. The summed E-state index contributed by atoms with van der Waals surface area (Å²) in [6, 6.07) is 9.58. The monoisotopic (exact) mass is 313 g/mol. The van der Waals surface area contributed by atoms with Gasteiger partial charge in [-0.05, 0) is 29.6 Å². The molecule has 1 aromatic carbocycles. The minimum Gasteiger partial charge on any atom is -0.352 e. The SMILES string of the molecule is C#Cc1cccc(NC(=O)C[C@H](NC(N)=O)c2cccs2)c1. The summed E-state index contributed by atoms with van der Waals surface area (Å²) in [7, 11) is 0. The van der Waals surface area contributed by atoms with E-state index in [0.29, 0.717) is 11.3 Å². The Morgan fingerprint density at radius 1 is 1.32 bits per heavy atom. The number of anilines is 1. The summed E-state index contributed by atoms with van der Waals surface area (Å²) in [5, 5.41) is 7.21. The Hall–Kier alpha value is -2.78. The number of primary amides is 1. The smallest absolute Gasteiger partial charge is 0.312 e. The van der Waals surface area contributed by atoms with E-state index in [1.807, 2.05) is 17.5 Å². The Morgan fingerprint density at radius 2 is 2.14 bits per heavy atom. The first-order chi connectivity index (χ1) is 10.6. The molecule has 0 spiro atoms. The van der Waals surface area contributed by atoms with Crippen LogP contribution in [-0.4, -0.2) is 11.9 Å². The molecule has 0 saturated heterocycles. The second-order valence-electron chi connectivity index (χ2n) is 4.55. The van der Waals surface area contributed by atoms with Crippen LogP contribution in [0.2, 0.25) is 0 Å². The van der Waals surface area contributed by atoms with E-state index in [4.69, 9.17) is 12.2 Å². The van der Waals surface area contributed by atoms with Crippen molar-refractivity contribution in [3.05, 3.63) is 52.2 Å². The van der Waals surface area contributed by atoms with Gasteiger partial charge in [-0.2, -0.15) is 0 Å². The lowest BCUT2D eigenvalue weighted by atomic mass is 10.1. The molecule has 22 heavy (non-hydrogen) atoms. The molecule has 1 heterocycles. The van der Waals surface area contributed by atoms with Crippen molar-refractivity contribution in [3.63, 3.8) is 0 Å². The predicted molar refractivity (Wildman–Crippen MR) is 87.4 cm³/mol. The third kappa shape index (κ3) is 4.36. The van der Waals surface area contributed by atoms with Gasteiger partial charge in [-0.25, -0.2) is 4.79 Å². The van der Waals surface area contributed by atoms with Gasteiger partial charge < -0.3 is 16.4 Å². The molecular formula is C16H15N3O2S. The maximum atomic E-state index is 12.1. The molecule has 1 aromatic heterocycles. The van der Waals surface area contributed by atoms with E-state index in [9.17, 15) is 9.59 Å². The van der Waals surface area contributed by atoms with E-state index in [-0.39, 0.29) is 12.3 Å². The lowest BCUT2D eigenvalue weighted by Crippen LogP contribution is -2.34. The average molecular weight is 313 g/mol. The number of nitrogens with one attached hydrogen (secondary N) is 2. The van der Waals surface area contributed by atoms with E-state index < -0.39 is 12.1 Å². The standard InChI is InChI=1S/C16H15N3O2S/c1-2-11-5-3-6-12(9-11)18-15(20)10-13(19-16(17)21)14-7-4-8-22-14/h1,3-9,13H,10H2,(H,18,20)(H3,17,19,21)/t13-/m0/s1. The average Bonchev–Trinajstić information content (AvgIpc) is 3.00. The summed E-state index contributed by atoms with van der Waals surface area (Å²) in [5.74, 6) is 2.27. The largest absolute Gasteiger partial charge is 0.352 e. The van der Waals surface area contributed by atoms with Crippen LogP contribution in [0.3, 0.4) is 0 Å². The van der Waals surface area contributed by atoms with Crippen molar-refractivity contribution in [2.24, 2.45) is 5.73 Å². The number of nitrogens with two attached hydrogens (primary N) is 1. The molecule has 1 atom stereocenters. The highest BCUT2D eigenvalue weighted by atomic mass is 32.1. The summed E-state index contributed by atoms with van der Waals surface area (Å²) in [4.78, 5) is 24.1. The quantitative estimate of drug-likeness (QED) is 0.741. The van der Waals surface area contributed by atoms with Crippen LogP contribution >= 0.6 is 11.3 Å². The van der Waals surface area contributed by atoms with Gasteiger partial charge in [0.15, 0.2) is 0 Å². The van der Waals surface area contributed by atoms with Gasteiger partial charge in [0.2, 0.25) is 5.91 Å². The van der Waals surface area contributed by atoms with Gasteiger partial charge in [-0.15, -0.1) is 17.8 Å². The summed E-state index contributed by atoms with van der Waals surface area (Å²) in [5.41, 5.74) is 6.46. The van der Waals surface area contributed by atoms with E-state index in [1.54, 1.807) is 24.3 Å². The molecule has 0 aliphatic carbocycles. The Morgan fingerprint density at radius 3 is 2.77 bits per heavy atom. The normalized spacial score (nSPS) is 11.2. The number of carbonyl (C=O) groups is 2. The van der Waals surface area contributed by atoms with Gasteiger partial charge >= 0.3 is 6.03 Å². The fourth-order valence-electron chi connectivity index (χ4n) is 1.97. The first-order valence-corrected chi connectivity index (χ1v) is 7.42. The first kappa shape index (κ1) is 15.6. The summed E-state index contributed by atoms with van der Waals surface area (Å²) in [6.07, 6.45) is 5.41. The zero-order valence-corrected chi connectivity index (χ0v) is 12.5. The number of hydrogen-bond acceptors (Lipinski definition) is 3. The molecule has 0 fully saturated rings. The fraction of sp³-hybridized carbons (Fsp3) is 0.125. The van der Waals surface area contributed by atoms with E-state index in [0.717, 1.165) is 4.88 Å². The van der Waals surface area contributed by atoms with Crippen molar-refractivity contribution < 1.29 is 9.59 Å². The van der Waals surface area contributed by atoms with Crippen LogP contribution in [0.15, 0.2) is 41.8 Å². The summed E-state index contributed by atoms with van der Waals surface area (Å²) in [6.45, 7) is 0. The maximum absolute atomic E-state index is 12.1. The molecule has 0 bridgehead atoms.